The molecular formula is C28H38N2O4. The smallest absolute Gasteiger partial charge is 0.261 e. The van der Waals surface area contributed by atoms with Crippen LogP contribution in [0.4, 0.5) is 0 Å². The first-order valence-corrected chi connectivity index (χ1v) is 12.1. The quantitative estimate of drug-likeness (QED) is 0.574. The van der Waals surface area contributed by atoms with Crippen LogP contribution in [-0.4, -0.2) is 42.5 Å². The minimum Gasteiger partial charge on any atom is -0.497 e. The fourth-order valence-corrected chi connectivity index (χ4v) is 4.38. The first kappa shape index (κ1) is 25.6. The fraction of sp³-hybridized carbons (Fsp3) is 0.500. The molecule has 1 fully saturated rings. The predicted molar refractivity (Wildman–Crippen MR) is 134 cm³/mol. The Bertz CT molecular complexity index is 976. The van der Waals surface area contributed by atoms with Gasteiger partial charge >= 0.3 is 0 Å². The van der Waals surface area contributed by atoms with Crippen molar-refractivity contribution in [1.29, 1.82) is 0 Å². The lowest BCUT2D eigenvalue weighted by molar-refractivity contribution is -0.142. The van der Waals surface area contributed by atoms with Crippen molar-refractivity contribution in [2.24, 2.45) is 0 Å². The van der Waals surface area contributed by atoms with E-state index in [1.807, 2.05) is 48.5 Å². The van der Waals surface area contributed by atoms with Gasteiger partial charge < -0.3 is 19.7 Å². The molecule has 1 aliphatic rings. The highest BCUT2D eigenvalue weighted by Crippen LogP contribution is 2.31. The van der Waals surface area contributed by atoms with E-state index < -0.39 is 6.04 Å². The Morgan fingerprint density at radius 3 is 2.47 bits per heavy atom. The van der Waals surface area contributed by atoms with Gasteiger partial charge in [0.2, 0.25) is 5.91 Å². The Morgan fingerprint density at radius 1 is 1.09 bits per heavy atom. The van der Waals surface area contributed by atoms with Crippen molar-refractivity contribution in [2.75, 3.05) is 13.7 Å². The first-order valence-electron chi connectivity index (χ1n) is 12.1. The Hall–Kier alpha value is -3.02. The average Bonchev–Trinajstić information content (AvgIpc) is 3.33. The molecule has 184 valence electrons. The molecule has 6 nitrogen and oxygen atoms in total. The van der Waals surface area contributed by atoms with Crippen molar-refractivity contribution in [3.05, 3.63) is 59.7 Å². The van der Waals surface area contributed by atoms with Crippen LogP contribution in [0.25, 0.3) is 0 Å². The number of carbonyl (C=O) groups excluding carboxylic acids is 2. The third-order valence-corrected chi connectivity index (χ3v) is 6.40. The summed E-state index contributed by atoms with van der Waals surface area (Å²) in [7, 11) is 1.61. The van der Waals surface area contributed by atoms with E-state index in [0.29, 0.717) is 18.0 Å². The van der Waals surface area contributed by atoms with Gasteiger partial charge in [0, 0.05) is 12.6 Å². The number of methoxy groups -OCH3 is 1. The molecule has 0 unspecified atom stereocenters. The third kappa shape index (κ3) is 6.75. The number of rotatable bonds is 9. The lowest BCUT2D eigenvalue weighted by Gasteiger charge is -2.30. The van der Waals surface area contributed by atoms with Crippen molar-refractivity contribution in [2.45, 2.75) is 77.4 Å². The molecule has 0 aliphatic heterocycles. The molecule has 0 bridgehead atoms. The van der Waals surface area contributed by atoms with E-state index in [-0.39, 0.29) is 29.9 Å². The number of nitrogens with one attached hydrogen (secondary N) is 1. The van der Waals surface area contributed by atoms with Gasteiger partial charge in [-0.3, -0.25) is 9.59 Å². The van der Waals surface area contributed by atoms with Crippen molar-refractivity contribution in [3.63, 3.8) is 0 Å². The zero-order chi connectivity index (χ0) is 24.7. The van der Waals surface area contributed by atoms with E-state index in [4.69, 9.17) is 9.47 Å². The summed E-state index contributed by atoms with van der Waals surface area (Å²) in [5, 5.41) is 3.13. The number of hydrogen-bond acceptors (Lipinski definition) is 4. The summed E-state index contributed by atoms with van der Waals surface area (Å²) >= 11 is 0. The number of amides is 2. The maximum absolute atomic E-state index is 13.4. The van der Waals surface area contributed by atoms with Gasteiger partial charge in [0.1, 0.15) is 17.5 Å². The predicted octanol–water partition coefficient (Wildman–Crippen LogP) is 4.85. The van der Waals surface area contributed by atoms with E-state index in [9.17, 15) is 9.59 Å². The molecule has 3 rings (SSSR count). The van der Waals surface area contributed by atoms with Gasteiger partial charge in [-0.1, -0.05) is 63.9 Å². The highest BCUT2D eigenvalue weighted by Gasteiger charge is 2.29. The fourth-order valence-electron chi connectivity index (χ4n) is 4.38. The number of carbonyl (C=O) groups is 2. The topological polar surface area (TPSA) is 67.9 Å². The van der Waals surface area contributed by atoms with Gasteiger partial charge in [0.25, 0.3) is 5.91 Å². The zero-order valence-corrected chi connectivity index (χ0v) is 21.1. The van der Waals surface area contributed by atoms with Gasteiger partial charge in [-0.05, 0) is 54.5 Å². The van der Waals surface area contributed by atoms with Crippen LogP contribution >= 0.6 is 0 Å². The summed E-state index contributed by atoms with van der Waals surface area (Å²) in [4.78, 5) is 28.1. The molecule has 0 heterocycles. The van der Waals surface area contributed by atoms with Gasteiger partial charge in [-0.2, -0.15) is 0 Å². The van der Waals surface area contributed by atoms with Crippen LogP contribution < -0.4 is 14.8 Å². The van der Waals surface area contributed by atoms with Crippen LogP contribution in [0.1, 0.15) is 64.5 Å². The van der Waals surface area contributed by atoms with E-state index in [0.717, 1.165) is 36.8 Å². The Labute approximate surface area is 203 Å². The van der Waals surface area contributed by atoms with Crippen LogP contribution in [0.3, 0.4) is 0 Å². The number of nitrogens with zero attached hydrogens (tertiary/aromatic N) is 1. The summed E-state index contributed by atoms with van der Waals surface area (Å²) in [6, 6.07) is 14.9. The maximum Gasteiger partial charge on any atom is 0.261 e. The second-order valence-corrected chi connectivity index (χ2v) is 10.1. The van der Waals surface area contributed by atoms with Crippen molar-refractivity contribution in [1.82, 2.24) is 10.2 Å². The molecular weight excluding hydrogens is 428 g/mol. The lowest BCUT2D eigenvalue weighted by Crippen LogP contribution is -2.50. The molecule has 1 atom stereocenters. The molecule has 1 aliphatic carbocycles. The third-order valence-electron chi connectivity index (χ3n) is 6.40. The van der Waals surface area contributed by atoms with E-state index in [1.165, 1.54) is 0 Å². The average molecular weight is 467 g/mol. The van der Waals surface area contributed by atoms with Crippen LogP contribution in [0.2, 0.25) is 0 Å². The molecule has 6 heteroatoms. The Balaban J connectivity index is 1.77. The highest BCUT2D eigenvalue weighted by molar-refractivity contribution is 5.88. The van der Waals surface area contributed by atoms with E-state index in [1.54, 1.807) is 18.9 Å². The molecule has 0 saturated heterocycles. The molecule has 0 spiro atoms. The minimum atomic E-state index is -0.624. The molecule has 0 aromatic heterocycles. The lowest BCUT2D eigenvalue weighted by atomic mass is 9.86. The van der Waals surface area contributed by atoms with Crippen LogP contribution in [0.5, 0.6) is 11.5 Å². The number of hydrogen-bond donors (Lipinski definition) is 1. The molecule has 2 aromatic rings. The van der Waals surface area contributed by atoms with Crippen molar-refractivity contribution in [3.8, 4) is 11.5 Å². The minimum absolute atomic E-state index is 0.117. The van der Waals surface area contributed by atoms with Gasteiger partial charge in [0.15, 0.2) is 6.61 Å². The van der Waals surface area contributed by atoms with Crippen LogP contribution in [0.15, 0.2) is 48.5 Å². The van der Waals surface area contributed by atoms with Crippen molar-refractivity contribution >= 4 is 11.8 Å². The maximum atomic E-state index is 13.4. The van der Waals surface area contributed by atoms with Gasteiger partial charge in [-0.15, -0.1) is 0 Å². The van der Waals surface area contributed by atoms with E-state index >= 15 is 0 Å². The molecule has 34 heavy (non-hydrogen) atoms. The summed E-state index contributed by atoms with van der Waals surface area (Å²) in [6.07, 6.45) is 4.25. The Kier molecular flexibility index (Phi) is 8.59. The standard InChI is InChI=1S/C28H38N2O4/c1-20(27(32)29-22-12-6-7-13-22)30(18-21-11-10-14-23(17-21)33-5)26(31)19-34-25-16-9-8-15-24(25)28(2,3)4/h8-11,14-17,20,22H,6-7,12-13,18-19H2,1-5H3,(H,29,32)/t20-/m0/s1. The normalized spacial score (nSPS) is 15.0. The largest absolute Gasteiger partial charge is 0.497 e. The molecule has 1 saturated carbocycles. The summed E-state index contributed by atoms with van der Waals surface area (Å²) in [6.45, 7) is 8.27. The molecule has 1 N–H and O–H groups in total. The second-order valence-electron chi connectivity index (χ2n) is 10.1. The second kappa shape index (κ2) is 11.4. The van der Waals surface area contributed by atoms with Gasteiger partial charge in [-0.25, -0.2) is 0 Å². The number of benzene rings is 2. The summed E-state index contributed by atoms with van der Waals surface area (Å²) in [5.41, 5.74) is 1.81. The number of ether oxygens (including phenoxy) is 2. The summed E-state index contributed by atoms with van der Waals surface area (Å²) < 4.78 is 11.3. The first-order chi connectivity index (χ1) is 16.2. The molecule has 0 radical (unpaired) electrons. The highest BCUT2D eigenvalue weighted by atomic mass is 16.5. The monoisotopic (exact) mass is 466 g/mol. The molecule has 2 amide bonds. The zero-order valence-electron chi connectivity index (χ0n) is 21.1. The van der Waals surface area contributed by atoms with Crippen molar-refractivity contribution < 1.29 is 19.1 Å². The van der Waals surface area contributed by atoms with Crippen LogP contribution in [-0.2, 0) is 21.5 Å². The SMILES string of the molecule is COc1cccc(CN(C(=O)COc2ccccc2C(C)(C)C)[C@@H](C)C(=O)NC2CCCC2)c1. The van der Waals surface area contributed by atoms with Crippen LogP contribution in [0, 0.1) is 0 Å². The molecule has 2 aromatic carbocycles. The van der Waals surface area contributed by atoms with Gasteiger partial charge in [0.05, 0.1) is 7.11 Å². The number of para-hydroxylation sites is 1. The Morgan fingerprint density at radius 2 is 1.79 bits per heavy atom. The van der Waals surface area contributed by atoms with E-state index in [2.05, 4.69) is 26.1 Å². The summed E-state index contributed by atoms with van der Waals surface area (Å²) in [5.74, 6) is 1.04.